The van der Waals surface area contributed by atoms with E-state index in [-0.39, 0.29) is 47.5 Å². The molecular formula is C24H21ClN2O3. The first-order valence-corrected chi connectivity index (χ1v) is 10.8. The number of rotatable bonds is 2. The second kappa shape index (κ2) is 6.17. The lowest BCUT2D eigenvalue weighted by molar-refractivity contribution is -0.125. The molecule has 2 heterocycles. The van der Waals surface area contributed by atoms with Crippen molar-refractivity contribution in [3.05, 3.63) is 64.2 Å². The summed E-state index contributed by atoms with van der Waals surface area (Å²) < 4.78 is 0. The first-order chi connectivity index (χ1) is 14.5. The number of amides is 2. The molecule has 2 aromatic rings. The van der Waals surface area contributed by atoms with Crippen molar-refractivity contribution in [2.24, 2.45) is 34.7 Å². The van der Waals surface area contributed by atoms with Gasteiger partial charge in [-0.05, 0) is 55.0 Å². The zero-order chi connectivity index (χ0) is 20.7. The van der Waals surface area contributed by atoms with Crippen molar-refractivity contribution in [1.29, 1.82) is 0 Å². The number of oxime groups is 1. The fraction of sp³-hybridized carbons (Fsp3) is 0.375. The third kappa shape index (κ3) is 2.21. The summed E-state index contributed by atoms with van der Waals surface area (Å²) in [5, 5.41) is 5.05. The highest BCUT2D eigenvalue weighted by molar-refractivity contribution is 6.30. The lowest BCUT2D eigenvalue weighted by Gasteiger charge is -2.29. The van der Waals surface area contributed by atoms with E-state index in [4.69, 9.17) is 16.4 Å². The highest BCUT2D eigenvalue weighted by Gasteiger charge is 2.70. The van der Waals surface area contributed by atoms with Crippen LogP contribution in [0.25, 0.3) is 0 Å². The van der Waals surface area contributed by atoms with Crippen LogP contribution in [-0.2, 0) is 14.4 Å². The van der Waals surface area contributed by atoms with E-state index in [1.165, 1.54) is 4.90 Å². The second-order valence-corrected chi connectivity index (χ2v) is 9.38. The molecule has 0 N–H and O–H groups in total. The van der Waals surface area contributed by atoms with Gasteiger partial charge in [-0.1, -0.05) is 47.1 Å². The van der Waals surface area contributed by atoms with Crippen LogP contribution in [0.4, 0.5) is 5.69 Å². The lowest BCUT2D eigenvalue weighted by atomic mass is 9.71. The van der Waals surface area contributed by atoms with Crippen LogP contribution >= 0.6 is 11.6 Å². The van der Waals surface area contributed by atoms with E-state index in [1.807, 2.05) is 56.3 Å². The Morgan fingerprint density at radius 1 is 0.933 bits per heavy atom. The predicted molar refractivity (Wildman–Crippen MR) is 113 cm³/mol. The van der Waals surface area contributed by atoms with Crippen molar-refractivity contribution < 1.29 is 14.4 Å². The van der Waals surface area contributed by atoms with Gasteiger partial charge in [-0.3, -0.25) is 9.59 Å². The highest BCUT2D eigenvalue weighted by Crippen LogP contribution is 2.62. The molecule has 2 amide bonds. The summed E-state index contributed by atoms with van der Waals surface area (Å²) in [6, 6.07) is 13.4. The number of nitrogens with zero attached hydrogens (tertiary/aromatic N) is 2. The van der Waals surface area contributed by atoms with Gasteiger partial charge in [0, 0.05) is 16.9 Å². The van der Waals surface area contributed by atoms with Crippen molar-refractivity contribution in [1.82, 2.24) is 0 Å². The molecule has 6 atom stereocenters. The summed E-state index contributed by atoms with van der Waals surface area (Å²) in [7, 11) is 0. The van der Waals surface area contributed by atoms with Crippen LogP contribution in [-0.4, -0.2) is 23.6 Å². The maximum atomic E-state index is 13.6. The van der Waals surface area contributed by atoms with Gasteiger partial charge in [0.15, 0.2) is 0 Å². The van der Waals surface area contributed by atoms with Crippen LogP contribution in [0.15, 0.2) is 47.6 Å². The molecular weight excluding hydrogens is 400 g/mol. The molecule has 0 aromatic heterocycles. The normalized spacial score (nSPS) is 33.6. The summed E-state index contributed by atoms with van der Waals surface area (Å²) in [6.45, 7) is 3.91. The van der Waals surface area contributed by atoms with Gasteiger partial charge in [-0.25, -0.2) is 4.90 Å². The smallest absolute Gasteiger partial charge is 0.238 e. The Bertz CT molecular complexity index is 1110. The maximum absolute atomic E-state index is 13.6. The molecule has 2 aromatic carbocycles. The zero-order valence-corrected chi connectivity index (χ0v) is 17.5. The first kappa shape index (κ1) is 18.1. The first-order valence-electron chi connectivity index (χ1n) is 10.4. The summed E-state index contributed by atoms with van der Waals surface area (Å²) in [6.07, 6.45) is 0.714. The summed E-state index contributed by atoms with van der Waals surface area (Å²) in [5.74, 6) is -0.568. The van der Waals surface area contributed by atoms with E-state index in [9.17, 15) is 9.59 Å². The third-order valence-electron chi connectivity index (χ3n) is 7.49. The summed E-state index contributed by atoms with van der Waals surface area (Å²) in [5.41, 5.74) is 4.50. The summed E-state index contributed by atoms with van der Waals surface area (Å²) >= 11 is 6.04. The molecule has 2 aliphatic heterocycles. The Kier molecular flexibility index (Phi) is 3.73. The van der Waals surface area contributed by atoms with E-state index >= 15 is 0 Å². The van der Waals surface area contributed by atoms with E-state index in [0.29, 0.717) is 5.02 Å². The van der Waals surface area contributed by atoms with Crippen LogP contribution in [0, 0.1) is 43.4 Å². The predicted octanol–water partition coefficient (Wildman–Crippen LogP) is 4.13. The molecule has 152 valence electrons. The molecule has 2 aliphatic carbocycles. The number of carbonyl (C=O) groups is 2. The van der Waals surface area contributed by atoms with Crippen molar-refractivity contribution in [2.75, 3.05) is 4.90 Å². The van der Waals surface area contributed by atoms with Crippen LogP contribution in [0.1, 0.15) is 23.1 Å². The average molecular weight is 421 g/mol. The maximum Gasteiger partial charge on any atom is 0.238 e. The molecule has 3 fully saturated rings. The van der Waals surface area contributed by atoms with Crippen molar-refractivity contribution >= 4 is 34.8 Å². The SMILES string of the molecule is Cc1cccc(C)c1N1C(=O)[C@@H]2[C@H]3C[C@@H]([C@@H]4ON=C(c5ccc(Cl)cc5)[C@@H]34)[C@H]2C1=O. The van der Waals surface area contributed by atoms with Gasteiger partial charge in [-0.15, -0.1) is 0 Å². The molecule has 2 bridgehead atoms. The number of carbonyl (C=O) groups excluding carboxylic acids is 2. The Morgan fingerprint density at radius 3 is 2.23 bits per heavy atom. The molecule has 0 radical (unpaired) electrons. The number of imide groups is 1. The number of benzene rings is 2. The minimum atomic E-state index is -0.303. The van der Waals surface area contributed by atoms with Gasteiger partial charge in [0.1, 0.15) is 6.10 Å². The Morgan fingerprint density at radius 2 is 1.57 bits per heavy atom. The topological polar surface area (TPSA) is 59.0 Å². The highest BCUT2D eigenvalue weighted by atomic mass is 35.5. The van der Waals surface area contributed by atoms with Gasteiger partial charge in [0.25, 0.3) is 0 Å². The largest absolute Gasteiger partial charge is 0.391 e. The Balaban J connectivity index is 1.38. The number of aryl methyl sites for hydroxylation is 2. The molecule has 0 spiro atoms. The van der Waals surface area contributed by atoms with Crippen LogP contribution in [0.5, 0.6) is 0 Å². The van der Waals surface area contributed by atoms with E-state index < -0.39 is 0 Å². The Hall–Kier alpha value is -2.66. The van der Waals surface area contributed by atoms with E-state index in [2.05, 4.69) is 5.16 Å². The molecule has 6 rings (SSSR count). The second-order valence-electron chi connectivity index (χ2n) is 8.95. The number of anilines is 1. The van der Waals surface area contributed by atoms with Gasteiger partial charge in [-0.2, -0.15) is 0 Å². The van der Waals surface area contributed by atoms with Crippen molar-refractivity contribution in [2.45, 2.75) is 26.4 Å². The van der Waals surface area contributed by atoms with Gasteiger partial charge in [0.05, 0.1) is 23.2 Å². The molecule has 2 saturated carbocycles. The fourth-order valence-electron chi connectivity index (χ4n) is 6.36. The monoisotopic (exact) mass is 420 g/mol. The van der Waals surface area contributed by atoms with Gasteiger partial charge in [0.2, 0.25) is 11.8 Å². The van der Waals surface area contributed by atoms with Crippen LogP contribution in [0.3, 0.4) is 0 Å². The zero-order valence-electron chi connectivity index (χ0n) is 16.7. The number of fused-ring (bicyclic) bond motifs is 8. The Labute approximate surface area is 179 Å². The molecule has 4 aliphatic rings. The molecule has 30 heavy (non-hydrogen) atoms. The lowest BCUT2D eigenvalue weighted by Crippen LogP contribution is -2.41. The number of hydrogen-bond donors (Lipinski definition) is 0. The summed E-state index contributed by atoms with van der Waals surface area (Å²) in [4.78, 5) is 34.4. The average Bonchev–Trinajstić information content (AvgIpc) is 3.45. The minimum absolute atomic E-state index is 0.0318. The molecule has 6 heteroatoms. The molecule has 1 saturated heterocycles. The van der Waals surface area contributed by atoms with Gasteiger partial charge >= 0.3 is 0 Å². The quantitative estimate of drug-likeness (QED) is 0.686. The minimum Gasteiger partial charge on any atom is -0.391 e. The standard InChI is InChI=1S/C24H21ClN2O3/c1-11-4-3-5-12(2)21(11)27-23(28)17-15-10-16(18(17)24(27)29)22-19(15)20(26-30-22)13-6-8-14(25)9-7-13/h3-9,15-19,22H,10H2,1-2H3/t15-,16-,17-,18-,19-,22+/m1/s1. The number of halogens is 1. The van der Waals surface area contributed by atoms with Gasteiger partial charge < -0.3 is 4.84 Å². The fourth-order valence-corrected chi connectivity index (χ4v) is 6.49. The molecule has 0 unspecified atom stereocenters. The van der Waals surface area contributed by atoms with Crippen molar-refractivity contribution in [3.8, 4) is 0 Å². The number of hydrogen-bond acceptors (Lipinski definition) is 4. The number of para-hydroxylation sites is 1. The van der Waals surface area contributed by atoms with Crippen LogP contribution in [0.2, 0.25) is 5.02 Å². The van der Waals surface area contributed by atoms with Crippen molar-refractivity contribution in [3.63, 3.8) is 0 Å². The van der Waals surface area contributed by atoms with Crippen LogP contribution < -0.4 is 4.90 Å². The third-order valence-corrected chi connectivity index (χ3v) is 7.75. The van der Waals surface area contributed by atoms with E-state index in [1.54, 1.807) is 0 Å². The molecule has 5 nitrogen and oxygen atoms in total. The van der Waals surface area contributed by atoms with E-state index in [0.717, 1.165) is 34.5 Å².